The molecule has 152 valence electrons. The molecule has 30 heavy (non-hydrogen) atoms. The van der Waals surface area contributed by atoms with E-state index in [-0.39, 0.29) is 11.3 Å². The molecule has 0 spiro atoms. The fraction of sp³-hybridized carbons (Fsp3) is 0.182. The van der Waals surface area contributed by atoms with Gasteiger partial charge in [-0.05, 0) is 37.0 Å². The number of carbonyl (C=O) groups is 1. The van der Waals surface area contributed by atoms with Crippen molar-refractivity contribution in [2.24, 2.45) is 0 Å². The van der Waals surface area contributed by atoms with Crippen LogP contribution in [0.25, 0.3) is 4.96 Å². The zero-order chi connectivity index (χ0) is 21.1. The largest absolute Gasteiger partial charge is 0.427 e. The topological polar surface area (TPSA) is 93.7 Å². The highest BCUT2D eigenvalue weighted by atomic mass is 32.1. The molecule has 0 unspecified atom stereocenters. The Hall–Kier alpha value is -3.52. The quantitative estimate of drug-likeness (QED) is 0.515. The van der Waals surface area contributed by atoms with E-state index in [1.54, 1.807) is 24.6 Å². The fourth-order valence-corrected chi connectivity index (χ4v) is 3.95. The lowest BCUT2D eigenvalue weighted by Crippen LogP contribution is -2.27. The van der Waals surface area contributed by atoms with Gasteiger partial charge in [0.05, 0.1) is 6.20 Å². The molecule has 0 fully saturated rings. The Morgan fingerprint density at radius 2 is 2.00 bits per heavy atom. The van der Waals surface area contributed by atoms with Gasteiger partial charge in [0.2, 0.25) is 0 Å². The third-order valence-electron chi connectivity index (χ3n) is 4.75. The maximum absolute atomic E-state index is 12.6. The Morgan fingerprint density at radius 1 is 1.20 bits per heavy atom. The second-order valence-corrected chi connectivity index (χ2v) is 7.76. The average Bonchev–Trinajstić information content (AvgIpc) is 3.20. The molecule has 0 saturated heterocycles. The van der Waals surface area contributed by atoms with Crippen molar-refractivity contribution < 1.29 is 9.21 Å². The van der Waals surface area contributed by atoms with E-state index in [0.29, 0.717) is 22.7 Å². The number of amides is 1. The van der Waals surface area contributed by atoms with Crippen LogP contribution in [0.1, 0.15) is 33.7 Å². The molecule has 1 amide bonds. The van der Waals surface area contributed by atoms with Crippen molar-refractivity contribution in [2.75, 3.05) is 5.32 Å². The first-order chi connectivity index (χ1) is 14.5. The highest BCUT2D eigenvalue weighted by Gasteiger charge is 2.19. The molecule has 0 aliphatic carbocycles. The summed E-state index contributed by atoms with van der Waals surface area (Å²) in [6, 6.07) is 11.8. The minimum Gasteiger partial charge on any atom is -0.427 e. The summed E-state index contributed by atoms with van der Waals surface area (Å²) in [5.41, 5.74) is 0.484. The van der Waals surface area contributed by atoms with Crippen molar-refractivity contribution in [2.45, 2.75) is 26.2 Å². The Labute approximate surface area is 175 Å². The van der Waals surface area contributed by atoms with Crippen LogP contribution in [0.5, 0.6) is 0 Å². The number of hydrogen-bond acceptors (Lipinski definition) is 6. The Kier molecular flexibility index (Phi) is 5.58. The van der Waals surface area contributed by atoms with Crippen molar-refractivity contribution >= 4 is 27.9 Å². The molecule has 4 aromatic rings. The van der Waals surface area contributed by atoms with Gasteiger partial charge in [0, 0.05) is 18.0 Å². The Balaban J connectivity index is 1.49. The summed E-state index contributed by atoms with van der Waals surface area (Å²) in [7, 11) is 0. The molecule has 0 saturated carbocycles. The van der Waals surface area contributed by atoms with Gasteiger partial charge >= 0.3 is 5.63 Å². The lowest BCUT2D eigenvalue weighted by atomic mass is 10.1. The van der Waals surface area contributed by atoms with Crippen LogP contribution in [0.15, 0.2) is 68.2 Å². The second kappa shape index (κ2) is 8.46. The standard InChI is InChI=1S/C22H19N3O4S/c1-14-12-16(9-5-8-15-6-3-2-4-7-15)29-21(28)18(14)19(26)24-17-13-23-22-25(20(17)27)10-11-30-22/h2-4,6-7,10-13H,5,8-9H2,1H3,(H,24,26). The molecule has 0 atom stereocenters. The highest BCUT2D eigenvalue weighted by molar-refractivity contribution is 7.15. The number of carbonyl (C=O) groups excluding carboxylic acids is 1. The third-order valence-corrected chi connectivity index (χ3v) is 5.52. The van der Waals surface area contributed by atoms with Crippen LogP contribution >= 0.6 is 11.3 Å². The van der Waals surface area contributed by atoms with Crippen LogP contribution < -0.4 is 16.5 Å². The van der Waals surface area contributed by atoms with E-state index in [1.807, 2.05) is 18.2 Å². The molecule has 0 aliphatic rings. The van der Waals surface area contributed by atoms with Gasteiger partial charge in [-0.25, -0.2) is 9.78 Å². The molecular formula is C22H19N3O4S. The molecule has 3 heterocycles. The number of rotatable bonds is 6. The van der Waals surface area contributed by atoms with Crippen molar-refractivity contribution in [1.82, 2.24) is 9.38 Å². The third kappa shape index (κ3) is 4.08. The molecule has 1 N–H and O–H groups in total. The first-order valence-electron chi connectivity index (χ1n) is 9.46. The van der Waals surface area contributed by atoms with Crippen LogP contribution in [-0.2, 0) is 12.8 Å². The average molecular weight is 421 g/mol. The van der Waals surface area contributed by atoms with Crippen molar-refractivity contribution in [3.05, 3.63) is 97.4 Å². The van der Waals surface area contributed by atoms with Gasteiger partial charge in [0.1, 0.15) is 17.0 Å². The maximum atomic E-state index is 12.6. The van der Waals surface area contributed by atoms with Gasteiger partial charge in [0.15, 0.2) is 4.96 Å². The smallest absolute Gasteiger partial charge is 0.349 e. The Morgan fingerprint density at radius 3 is 2.77 bits per heavy atom. The van der Waals surface area contributed by atoms with Gasteiger partial charge in [0.25, 0.3) is 11.5 Å². The molecule has 1 aromatic carbocycles. The second-order valence-electron chi connectivity index (χ2n) is 6.88. The van der Waals surface area contributed by atoms with Gasteiger partial charge in [-0.3, -0.25) is 14.0 Å². The minimum absolute atomic E-state index is 0.00152. The first-order valence-corrected chi connectivity index (χ1v) is 10.3. The first kappa shape index (κ1) is 19.8. The number of nitrogens with one attached hydrogen (secondary N) is 1. The SMILES string of the molecule is Cc1cc(CCCc2ccccc2)oc(=O)c1C(=O)Nc1cnc2sccn2c1=O. The highest BCUT2D eigenvalue weighted by Crippen LogP contribution is 2.13. The summed E-state index contributed by atoms with van der Waals surface area (Å²) in [4.78, 5) is 42.2. The zero-order valence-corrected chi connectivity index (χ0v) is 17.1. The van der Waals surface area contributed by atoms with Gasteiger partial charge in [-0.1, -0.05) is 30.3 Å². The van der Waals surface area contributed by atoms with Crippen molar-refractivity contribution in [1.29, 1.82) is 0 Å². The van der Waals surface area contributed by atoms with E-state index in [9.17, 15) is 14.4 Å². The molecular weight excluding hydrogens is 402 g/mol. The number of aryl methyl sites for hydroxylation is 3. The minimum atomic E-state index is -0.716. The summed E-state index contributed by atoms with van der Waals surface area (Å²) >= 11 is 1.31. The summed E-state index contributed by atoms with van der Waals surface area (Å²) in [5, 5.41) is 4.21. The number of nitrogens with zero attached hydrogens (tertiary/aromatic N) is 2. The monoisotopic (exact) mass is 421 g/mol. The van der Waals surface area contributed by atoms with E-state index in [1.165, 1.54) is 27.5 Å². The van der Waals surface area contributed by atoms with Crippen molar-refractivity contribution in [3.8, 4) is 0 Å². The number of aromatic nitrogens is 2. The fourth-order valence-electron chi connectivity index (χ4n) is 3.28. The summed E-state index contributed by atoms with van der Waals surface area (Å²) < 4.78 is 6.70. The van der Waals surface area contributed by atoms with Gasteiger partial charge < -0.3 is 9.73 Å². The number of benzene rings is 1. The zero-order valence-electron chi connectivity index (χ0n) is 16.3. The number of thiazole rings is 1. The van der Waals surface area contributed by atoms with E-state index in [0.717, 1.165) is 12.8 Å². The van der Waals surface area contributed by atoms with E-state index >= 15 is 0 Å². The molecule has 7 nitrogen and oxygen atoms in total. The molecule has 0 bridgehead atoms. The van der Waals surface area contributed by atoms with E-state index < -0.39 is 17.1 Å². The lowest BCUT2D eigenvalue weighted by Gasteiger charge is -2.08. The lowest BCUT2D eigenvalue weighted by molar-refractivity contribution is 0.102. The summed E-state index contributed by atoms with van der Waals surface area (Å²) in [5.74, 6) is -0.155. The molecule has 0 radical (unpaired) electrons. The van der Waals surface area contributed by atoms with Crippen molar-refractivity contribution in [3.63, 3.8) is 0 Å². The van der Waals surface area contributed by atoms with E-state index in [4.69, 9.17) is 4.42 Å². The maximum Gasteiger partial charge on any atom is 0.349 e. The molecule has 4 rings (SSSR count). The predicted molar refractivity (Wildman–Crippen MR) is 115 cm³/mol. The van der Waals surface area contributed by atoms with Crippen LogP contribution in [0.4, 0.5) is 5.69 Å². The number of fused-ring (bicyclic) bond motifs is 1. The summed E-state index contributed by atoms with van der Waals surface area (Å²) in [6.07, 6.45) is 5.15. The number of anilines is 1. The van der Waals surface area contributed by atoms with Crippen LogP contribution in [0.3, 0.4) is 0 Å². The normalized spacial score (nSPS) is 11.0. The predicted octanol–water partition coefficient (Wildman–Crippen LogP) is 3.45. The van der Waals surface area contributed by atoms with Crippen LogP contribution in [0.2, 0.25) is 0 Å². The Bertz CT molecular complexity index is 1320. The summed E-state index contributed by atoms with van der Waals surface area (Å²) in [6.45, 7) is 1.68. The molecule has 0 aliphatic heterocycles. The van der Waals surface area contributed by atoms with Crippen LogP contribution in [-0.4, -0.2) is 15.3 Å². The van der Waals surface area contributed by atoms with Gasteiger partial charge in [-0.15, -0.1) is 11.3 Å². The van der Waals surface area contributed by atoms with Crippen LogP contribution in [0, 0.1) is 6.92 Å². The molecule has 3 aromatic heterocycles. The van der Waals surface area contributed by atoms with E-state index in [2.05, 4.69) is 22.4 Å². The molecule has 8 heteroatoms. The van der Waals surface area contributed by atoms with Gasteiger partial charge in [-0.2, -0.15) is 0 Å². The number of hydrogen-bond donors (Lipinski definition) is 1.